The van der Waals surface area contributed by atoms with Crippen LogP contribution in [0.3, 0.4) is 0 Å². The molecule has 0 unspecified atom stereocenters. The molecule has 0 atom stereocenters. The fourth-order valence-corrected chi connectivity index (χ4v) is 6.45. The molecule has 2 fully saturated rings. The predicted octanol–water partition coefficient (Wildman–Crippen LogP) is 7.14. The largest absolute Gasteiger partial charge is 0.339 e. The fraction of sp³-hybridized carbons (Fsp3) is 0.441. The molecule has 0 spiro atoms. The highest BCUT2D eigenvalue weighted by molar-refractivity contribution is 6.55. The summed E-state index contributed by atoms with van der Waals surface area (Å²) in [4.78, 5) is 42.2. The Hall–Kier alpha value is -3.34. The van der Waals surface area contributed by atoms with Crippen molar-refractivity contribution in [2.24, 2.45) is 11.8 Å². The van der Waals surface area contributed by atoms with E-state index in [9.17, 15) is 18.8 Å². The molecule has 4 nitrogen and oxygen atoms in total. The standard InChI is InChI=1S/C34H38FNO3/c1-22-19-31(33(38)32(37)26-8-6-4-3-5-7-9-26)30-21-29(23(2)18-28(22)30)34(39)36-16-14-25(15-17-36)20-24-10-12-27(35)13-11-24/h10-13,18-19,21,25-26H,1,3-9,14-17,20H2,2H3. The van der Waals surface area contributed by atoms with Gasteiger partial charge in [0.2, 0.25) is 11.6 Å². The summed E-state index contributed by atoms with van der Waals surface area (Å²) < 4.78 is 13.2. The normalized spacial score (nSPS) is 18.8. The molecule has 2 aliphatic carbocycles. The number of hydrogen-bond acceptors (Lipinski definition) is 3. The van der Waals surface area contributed by atoms with Crippen LogP contribution < -0.4 is 0 Å². The maximum atomic E-state index is 13.6. The summed E-state index contributed by atoms with van der Waals surface area (Å²) in [6.45, 7) is 7.37. The summed E-state index contributed by atoms with van der Waals surface area (Å²) in [7, 11) is 0. The van der Waals surface area contributed by atoms with Crippen LogP contribution >= 0.6 is 0 Å². The number of carbonyl (C=O) groups excluding carboxylic acids is 3. The van der Waals surface area contributed by atoms with Crippen LogP contribution in [0.1, 0.15) is 90.4 Å². The molecule has 0 radical (unpaired) electrons. The summed E-state index contributed by atoms with van der Waals surface area (Å²) in [6.07, 6.45) is 11.4. The zero-order chi connectivity index (χ0) is 27.5. The van der Waals surface area contributed by atoms with Gasteiger partial charge >= 0.3 is 0 Å². The average molecular weight is 528 g/mol. The van der Waals surface area contributed by atoms with Gasteiger partial charge in [-0.2, -0.15) is 0 Å². The molecule has 204 valence electrons. The van der Waals surface area contributed by atoms with Crippen LogP contribution in [-0.2, 0) is 16.0 Å². The Morgan fingerprint density at radius 1 is 0.897 bits per heavy atom. The van der Waals surface area contributed by atoms with Crippen LogP contribution in [0.4, 0.5) is 4.39 Å². The van der Waals surface area contributed by atoms with Gasteiger partial charge < -0.3 is 4.90 Å². The number of hydrogen-bond donors (Lipinski definition) is 0. The molecular formula is C34H38FNO3. The van der Waals surface area contributed by atoms with Gasteiger partial charge in [-0.15, -0.1) is 0 Å². The van der Waals surface area contributed by atoms with Gasteiger partial charge in [-0.3, -0.25) is 14.4 Å². The SMILES string of the molecule is C=C1C=C(C(=O)C(=O)C2CCCCCCC2)c2cc(C(=O)N3CCC(Cc4ccc(F)cc4)CC3)c(C)cc21. The third-order valence-corrected chi connectivity index (χ3v) is 8.83. The van der Waals surface area contributed by atoms with Crippen LogP contribution in [0.25, 0.3) is 11.1 Å². The topological polar surface area (TPSA) is 54.5 Å². The van der Waals surface area contributed by atoms with Crippen LogP contribution in [0.5, 0.6) is 0 Å². The van der Waals surface area contributed by atoms with Gasteiger partial charge in [0.25, 0.3) is 5.91 Å². The quantitative estimate of drug-likeness (QED) is 0.375. The van der Waals surface area contributed by atoms with E-state index >= 15 is 0 Å². The first kappa shape index (κ1) is 27.2. The highest BCUT2D eigenvalue weighted by Crippen LogP contribution is 2.38. The molecule has 2 aromatic carbocycles. The minimum Gasteiger partial charge on any atom is -0.339 e. The monoisotopic (exact) mass is 527 g/mol. The number of halogens is 1. The number of allylic oxidation sites excluding steroid dienone is 3. The van der Waals surface area contributed by atoms with E-state index in [1.807, 2.05) is 36.1 Å². The Bertz CT molecular complexity index is 1310. The lowest BCUT2D eigenvalue weighted by atomic mass is 9.84. The Morgan fingerprint density at radius 3 is 2.21 bits per heavy atom. The van der Waals surface area contributed by atoms with Crippen molar-refractivity contribution >= 4 is 28.6 Å². The number of amides is 1. The molecule has 3 aliphatic rings. The van der Waals surface area contributed by atoms with Crippen molar-refractivity contribution in [2.45, 2.75) is 71.1 Å². The lowest BCUT2D eigenvalue weighted by Gasteiger charge is -2.32. The van der Waals surface area contributed by atoms with Gasteiger partial charge in [0, 0.05) is 30.1 Å². The van der Waals surface area contributed by atoms with Crippen molar-refractivity contribution in [3.8, 4) is 0 Å². The summed E-state index contributed by atoms with van der Waals surface area (Å²) in [5.41, 5.74) is 5.13. The van der Waals surface area contributed by atoms with Gasteiger partial charge in [-0.05, 0) is 97.0 Å². The maximum absolute atomic E-state index is 13.6. The third kappa shape index (κ3) is 5.98. The van der Waals surface area contributed by atoms with Crippen LogP contribution in [-0.4, -0.2) is 35.5 Å². The third-order valence-electron chi connectivity index (χ3n) is 8.83. The molecule has 5 heteroatoms. The number of carbonyl (C=O) groups is 3. The van der Waals surface area contributed by atoms with Crippen molar-refractivity contribution in [2.75, 3.05) is 13.1 Å². The van der Waals surface area contributed by atoms with E-state index < -0.39 is 5.78 Å². The Balaban J connectivity index is 1.29. The number of piperidine rings is 1. The van der Waals surface area contributed by atoms with Gasteiger partial charge in [-0.25, -0.2) is 4.39 Å². The number of aryl methyl sites for hydroxylation is 1. The first-order valence-corrected chi connectivity index (χ1v) is 14.5. The molecule has 0 bridgehead atoms. The minimum absolute atomic E-state index is 0.0359. The summed E-state index contributed by atoms with van der Waals surface area (Å²) in [5.74, 6) is -0.749. The zero-order valence-electron chi connectivity index (χ0n) is 22.9. The lowest BCUT2D eigenvalue weighted by molar-refractivity contribution is -0.136. The number of Topliss-reactive ketones (excluding diaryl/α,β-unsaturated/α-hetero) is 2. The number of rotatable bonds is 6. The van der Waals surface area contributed by atoms with E-state index in [1.54, 1.807) is 6.08 Å². The second-order valence-corrected chi connectivity index (χ2v) is 11.6. The lowest BCUT2D eigenvalue weighted by Crippen LogP contribution is -2.39. The number of likely N-dealkylation sites (tertiary alicyclic amines) is 1. The Kier molecular flexibility index (Phi) is 8.25. The molecule has 1 aliphatic heterocycles. The summed E-state index contributed by atoms with van der Waals surface area (Å²) in [6, 6.07) is 10.4. The molecular weight excluding hydrogens is 489 g/mol. The van der Waals surface area contributed by atoms with Gasteiger partial charge in [-0.1, -0.05) is 56.9 Å². The molecule has 1 amide bonds. The number of ketones is 2. The van der Waals surface area contributed by atoms with Crippen molar-refractivity contribution in [1.29, 1.82) is 0 Å². The molecule has 0 aromatic heterocycles. The molecule has 1 saturated carbocycles. The molecule has 0 N–H and O–H groups in total. The summed E-state index contributed by atoms with van der Waals surface area (Å²) >= 11 is 0. The van der Waals surface area contributed by atoms with Crippen LogP contribution in [0.2, 0.25) is 0 Å². The van der Waals surface area contributed by atoms with Crippen molar-refractivity contribution in [1.82, 2.24) is 4.90 Å². The highest BCUT2D eigenvalue weighted by Gasteiger charge is 2.33. The van der Waals surface area contributed by atoms with E-state index in [2.05, 4.69) is 6.58 Å². The van der Waals surface area contributed by atoms with Gasteiger partial charge in [0.15, 0.2) is 0 Å². The van der Waals surface area contributed by atoms with Gasteiger partial charge in [0.1, 0.15) is 5.82 Å². The summed E-state index contributed by atoms with van der Waals surface area (Å²) in [5, 5.41) is 0. The van der Waals surface area contributed by atoms with E-state index in [4.69, 9.17) is 0 Å². The highest BCUT2D eigenvalue weighted by atomic mass is 19.1. The minimum atomic E-state index is -0.440. The van der Waals surface area contributed by atoms with Crippen molar-refractivity contribution < 1.29 is 18.8 Å². The van der Waals surface area contributed by atoms with Crippen LogP contribution in [0.15, 0.2) is 49.1 Å². The maximum Gasteiger partial charge on any atom is 0.254 e. The number of fused-ring (bicyclic) bond motifs is 1. The molecule has 39 heavy (non-hydrogen) atoms. The Morgan fingerprint density at radius 2 is 1.54 bits per heavy atom. The van der Waals surface area contributed by atoms with Crippen molar-refractivity contribution in [3.05, 3.63) is 82.7 Å². The Labute approximate surface area is 231 Å². The predicted molar refractivity (Wildman–Crippen MR) is 153 cm³/mol. The van der Waals surface area contributed by atoms with E-state index in [-0.39, 0.29) is 23.4 Å². The first-order valence-electron chi connectivity index (χ1n) is 14.5. The first-order chi connectivity index (χ1) is 18.8. The van der Waals surface area contributed by atoms with E-state index in [0.717, 1.165) is 74.5 Å². The smallest absolute Gasteiger partial charge is 0.254 e. The second-order valence-electron chi connectivity index (χ2n) is 11.6. The average Bonchev–Trinajstić information content (AvgIpc) is 3.23. The van der Waals surface area contributed by atoms with Gasteiger partial charge in [0.05, 0.1) is 0 Å². The number of nitrogens with zero attached hydrogens (tertiary/aromatic N) is 1. The molecule has 2 aromatic rings. The van der Waals surface area contributed by atoms with Crippen LogP contribution in [0, 0.1) is 24.6 Å². The second kappa shape index (κ2) is 11.8. The molecule has 1 saturated heterocycles. The van der Waals surface area contributed by atoms with Crippen molar-refractivity contribution in [3.63, 3.8) is 0 Å². The van der Waals surface area contributed by atoms with E-state index in [1.165, 1.54) is 18.6 Å². The molecule has 5 rings (SSSR count). The van der Waals surface area contributed by atoms with E-state index in [0.29, 0.717) is 41.3 Å². The zero-order valence-corrected chi connectivity index (χ0v) is 22.9. The fourth-order valence-electron chi connectivity index (χ4n) is 6.45. The molecule has 1 heterocycles. The number of benzene rings is 2.